The van der Waals surface area contributed by atoms with Crippen LogP contribution >= 0.6 is 0 Å². The van der Waals surface area contributed by atoms with E-state index in [0.717, 1.165) is 5.56 Å². The van der Waals surface area contributed by atoms with Gasteiger partial charge in [0.2, 0.25) is 5.91 Å². The van der Waals surface area contributed by atoms with Gasteiger partial charge in [0.15, 0.2) is 6.61 Å². The van der Waals surface area contributed by atoms with Crippen LogP contribution in [-0.4, -0.2) is 31.0 Å². The molecular formula is C14H19N3O3. The van der Waals surface area contributed by atoms with Gasteiger partial charge in [-0.2, -0.15) is 0 Å². The highest BCUT2D eigenvalue weighted by molar-refractivity contribution is 5.95. The molecule has 20 heavy (non-hydrogen) atoms. The number of anilines is 1. The number of carbonyl (C=O) groups excluding carboxylic acids is 2. The quantitative estimate of drug-likeness (QED) is 0.737. The van der Waals surface area contributed by atoms with E-state index in [1.807, 2.05) is 32.0 Å². The van der Waals surface area contributed by atoms with Crippen molar-refractivity contribution in [1.82, 2.24) is 10.6 Å². The fourth-order valence-corrected chi connectivity index (χ4v) is 1.93. The topological polar surface area (TPSA) is 79.5 Å². The lowest BCUT2D eigenvalue weighted by Gasteiger charge is -2.19. The molecule has 0 aliphatic carbocycles. The van der Waals surface area contributed by atoms with Crippen molar-refractivity contribution in [2.75, 3.05) is 18.5 Å². The van der Waals surface area contributed by atoms with E-state index in [2.05, 4.69) is 16.0 Å². The number of likely N-dealkylation sites (N-methyl/N-ethyl adjacent to an activating group) is 1. The zero-order chi connectivity index (χ0) is 14.5. The van der Waals surface area contributed by atoms with Crippen molar-refractivity contribution in [2.24, 2.45) is 0 Å². The molecule has 6 heteroatoms. The molecule has 2 amide bonds. The summed E-state index contributed by atoms with van der Waals surface area (Å²) in [7, 11) is 0. The standard InChI is InChI=1S/C14H19N3O3/c1-3-15-14(19)9(2)16-7-10-4-5-12-11(6-10)17-13(18)8-20-12/h4-6,9,16H,3,7-8H2,1-2H3,(H,15,19)(H,17,18). The van der Waals surface area contributed by atoms with Crippen LogP contribution in [0.4, 0.5) is 5.69 Å². The maximum atomic E-state index is 11.6. The van der Waals surface area contributed by atoms with Crippen LogP contribution in [0.2, 0.25) is 0 Å². The summed E-state index contributed by atoms with van der Waals surface area (Å²) >= 11 is 0. The number of hydrogen-bond donors (Lipinski definition) is 3. The van der Waals surface area contributed by atoms with Crippen molar-refractivity contribution in [3.8, 4) is 5.75 Å². The number of benzene rings is 1. The van der Waals surface area contributed by atoms with Gasteiger partial charge in [0.05, 0.1) is 11.7 Å². The Morgan fingerprint density at radius 1 is 1.50 bits per heavy atom. The van der Waals surface area contributed by atoms with Gasteiger partial charge in [-0.1, -0.05) is 6.07 Å². The fourth-order valence-electron chi connectivity index (χ4n) is 1.93. The zero-order valence-corrected chi connectivity index (χ0v) is 11.7. The zero-order valence-electron chi connectivity index (χ0n) is 11.7. The predicted molar refractivity (Wildman–Crippen MR) is 75.6 cm³/mol. The largest absolute Gasteiger partial charge is 0.482 e. The number of nitrogens with one attached hydrogen (secondary N) is 3. The Balaban J connectivity index is 1.95. The van der Waals surface area contributed by atoms with Crippen molar-refractivity contribution < 1.29 is 14.3 Å². The molecule has 3 N–H and O–H groups in total. The van der Waals surface area contributed by atoms with E-state index in [-0.39, 0.29) is 24.5 Å². The first-order chi connectivity index (χ1) is 9.60. The van der Waals surface area contributed by atoms with Crippen molar-refractivity contribution in [3.05, 3.63) is 23.8 Å². The first-order valence-electron chi connectivity index (χ1n) is 6.67. The lowest BCUT2D eigenvalue weighted by atomic mass is 10.1. The minimum atomic E-state index is -0.267. The molecule has 0 saturated carbocycles. The fraction of sp³-hybridized carbons (Fsp3) is 0.429. The molecule has 6 nitrogen and oxygen atoms in total. The first kappa shape index (κ1) is 14.3. The van der Waals surface area contributed by atoms with Gasteiger partial charge in [-0.25, -0.2) is 0 Å². The van der Waals surface area contributed by atoms with E-state index in [1.54, 1.807) is 0 Å². The molecule has 1 aromatic carbocycles. The molecule has 2 rings (SSSR count). The van der Waals surface area contributed by atoms with Crippen LogP contribution in [0.5, 0.6) is 5.75 Å². The van der Waals surface area contributed by atoms with Gasteiger partial charge in [0.1, 0.15) is 5.75 Å². The van der Waals surface area contributed by atoms with E-state index in [0.29, 0.717) is 24.5 Å². The summed E-state index contributed by atoms with van der Waals surface area (Å²) in [4.78, 5) is 22.8. The lowest BCUT2D eigenvalue weighted by molar-refractivity contribution is -0.122. The van der Waals surface area contributed by atoms with Crippen molar-refractivity contribution in [3.63, 3.8) is 0 Å². The summed E-state index contributed by atoms with van der Waals surface area (Å²) in [5.74, 6) is 0.491. The molecule has 1 aliphatic rings. The summed E-state index contributed by atoms with van der Waals surface area (Å²) in [6.45, 7) is 4.92. The smallest absolute Gasteiger partial charge is 0.262 e. The molecule has 0 bridgehead atoms. The molecule has 1 unspecified atom stereocenters. The second kappa shape index (κ2) is 6.38. The van der Waals surface area contributed by atoms with Gasteiger partial charge in [-0.05, 0) is 31.5 Å². The average Bonchev–Trinajstić information content (AvgIpc) is 2.44. The molecule has 108 valence electrons. The Labute approximate surface area is 117 Å². The second-order valence-corrected chi connectivity index (χ2v) is 4.66. The van der Waals surface area contributed by atoms with E-state index < -0.39 is 0 Å². The highest BCUT2D eigenvalue weighted by Crippen LogP contribution is 2.28. The molecule has 1 atom stereocenters. The Bertz CT molecular complexity index is 516. The van der Waals surface area contributed by atoms with Crippen LogP contribution in [-0.2, 0) is 16.1 Å². The molecule has 1 aromatic rings. The minimum Gasteiger partial charge on any atom is -0.482 e. The Hall–Kier alpha value is -2.08. The highest BCUT2D eigenvalue weighted by Gasteiger charge is 2.16. The van der Waals surface area contributed by atoms with E-state index in [4.69, 9.17) is 4.74 Å². The van der Waals surface area contributed by atoms with Crippen LogP contribution < -0.4 is 20.7 Å². The van der Waals surface area contributed by atoms with Crippen molar-refractivity contribution in [1.29, 1.82) is 0 Å². The molecule has 0 fully saturated rings. The first-order valence-corrected chi connectivity index (χ1v) is 6.67. The summed E-state index contributed by atoms with van der Waals surface area (Å²) in [5, 5.41) is 8.65. The van der Waals surface area contributed by atoms with Crippen LogP contribution in [0, 0.1) is 0 Å². The summed E-state index contributed by atoms with van der Waals surface area (Å²) in [6, 6.07) is 5.32. The Kier molecular flexibility index (Phi) is 4.57. The van der Waals surface area contributed by atoms with E-state index >= 15 is 0 Å². The third kappa shape index (κ3) is 3.48. The minimum absolute atomic E-state index is 0.0258. The van der Waals surface area contributed by atoms with Crippen LogP contribution in [0.25, 0.3) is 0 Å². The Morgan fingerprint density at radius 2 is 2.30 bits per heavy atom. The van der Waals surface area contributed by atoms with Gasteiger partial charge < -0.3 is 20.7 Å². The lowest BCUT2D eigenvalue weighted by Crippen LogP contribution is -2.41. The van der Waals surface area contributed by atoms with Crippen LogP contribution in [0.1, 0.15) is 19.4 Å². The molecule has 0 saturated heterocycles. The molecule has 0 spiro atoms. The second-order valence-electron chi connectivity index (χ2n) is 4.66. The van der Waals surface area contributed by atoms with Gasteiger partial charge in [-0.15, -0.1) is 0 Å². The van der Waals surface area contributed by atoms with Gasteiger partial charge >= 0.3 is 0 Å². The van der Waals surface area contributed by atoms with Crippen LogP contribution in [0.15, 0.2) is 18.2 Å². The monoisotopic (exact) mass is 277 g/mol. The number of rotatable bonds is 5. The van der Waals surface area contributed by atoms with Crippen molar-refractivity contribution >= 4 is 17.5 Å². The van der Waals surface area contributed by atoms with E-state index in [1.165, 1.54) is 0 Å². The Morgan fingerprint density at radius 3 is 3.05 bits per heavy atom. The van der Waals surface area contributed by atoms with Gasteiger partial charge in [0, 0.05) is 13.1 Å². The highest BCUT2D eigenvalue weighted by atomic mass is 16.5. The average molecular weight is 277 g/mol. The molecular weight excluding hydrogens is 258 g/mol. The van der Waals surface area contributed by atoms with Crippen molar-refractivity contribution in [2.45, 2.75) is 26.4 Å². The molecule has 0 aromatic heterocycles. The number of carbonyl (C=O) groups is 2. The van der Waals surface area contributed by atoms with Gasteiger partial charge in [0.25, 0.3) is 5.91 Å². The normalized spacial score (nSPS) is 14.8. The predicted octanol–water partition coefficient (Wildman–Crippen LogP) is 0.632. The summed E-state index contributed by atoms with van der Waals surface area (Å²) < 4.78 is 5.29. The SMILES string of the molecule is CCNC(=O)C(C)NCc1ccc2c(c1)NC(=O)CO2. The molecule has 1 aliphatic heterocycles. The molecule has 1 heterocycles. The third-order valence-corrected chi connectivity index (χ3v) is 3.03. The number of hydrogen-bond acceptors (Lipinski definition) is 4. The summed E-state index contributed by atoms with van der Waals surface area (Å²) in [5.41, 5.74) is 1.65. The maximum absolute atomic E-state index is 11.6. The molecule has 0 radical (unpaired) electrons. The van der Waals surface area contributed by atoms with E-state index in [9.17, 15) is 9.59 Å². The maximum Gasteiger partial charge on any atom is 0.262 e. The third-order valence-electron chi connectivity index (χ3n) is 3.03. The number of fused-ring (bicyclic) bond motifs is 1. The number of ether oxygens (including phenoxy) is 1. The van der Waals surface area contributed by atoms with Crippen LogP contribution in [0.3, 0.4) is 0 Å². The summed E-state index contributed by atoms with van der Waals surface area (Å²) in [6.07, 6.45) is 0. The van der Waals surface area contributed by atoms with Gasteiger partial charge in [-0.3, -0.25) is 9.59 Å². The number of amides is 2.